The van der Waals surface area contributed by atoms with Crippen molar-refractivity contribution in [2.45, 2.75) is 32.3 Å². The number of hydrogen-bond donors (Lipinski definition) is 0. The molecule has 0 bridgehead atoms. The van der Waals surface area contributed by atoms with E-state index in [1.54, 1.807) is 18.1 Å². The van der Waals surface area contributed by atoms with Crippen molar-refractivity contribution in [1.29, 1.82) is 0 Å². The van der Waals surface area contributed by atoms with Crippen LogP contribution in [0, 0.1) is 17.7 Å². The van der Waals surface area contributed by atoms with Gasteiger partial charge in [-0.1, -0.05) is 11.6 Å². The minimum Gasteiger partial charge on any atom is -0.444 e. The molecule has 2 fully saturated rings. The van der Waals surface area contributed by atoms with E-state index in [1.165, 1.54) is 4.68 Å². The van der Waals surface area contributed by atoms with Crippen LogP contribution in [0.25, 0.3) is 10.9 Å². The first kappa shape index (κ1) is 16.6. The lowest BCUT2D eigenvalue weighted by molar-refractivity contribution is 0.0271. The molecule has 1 aliphatic heterocycles. The third-order valence-electron chi connectivity index (χ3n) is 4.97. The maximum absolute atomic E-state index is 14.2. The van der Waals surface area contributed by atoms with E-state index >= 15 is 0 Å². The van der Waals surface area contributed by atoms with Gasteiger partial charge in [0.05, 0.1) is 5.69 Å². The van der Waals surface area contributed by atoms with Crippen molar-refractivity contribution in [3.05, 3.63) is 22.9 Å². The Labute approximate surface area is 149 Å². The van der Waals surface area contributed by atoms with Crippen molar-refractivity contribution in [3.63, 3.8) is 0 Å². The number of carbonyl (C=O) groups is 1. The number of nitrogens with zero attached hydrogens (tertiary/aromatic N) is 4. The van der Waals surface area contributed by atoms with Gasteiger partial charge >= 0.3 is 6.09 Å². The molecule has 4 rings (SSSR count). The van der Waals surface area contributed by atoms with E-state index in [-0.39, 0.29) is 17.2 Å². The first-order chi connectivity index (χ1) is 11.7. The summed E-state index contributed by atoms with van der Waals surface area (Å²) < 4.78 is 21.2. The highest BCUT2D eigenvalue weighted by Gasteiger charge is 2.59. The molecule has 0 radical (unpaired) electrons. The van der Waals surface area contributed by atoms with Crippen molar-refractivity contribution in [2.24, 2.45) is 18.9 Å². The normalized spacial score (nSPS) is 25.4. The number of aromatic nitrogens is 3. The molecule has 2 aromatic rings. The number of piperidine rings is 1. The molecule has 1 unspecified atom stereocenters. The lowest BCUT2D eigenvalue weighted by Gasteiger charge is -2.25. The number of aryl methyl sites for hydroxylation is 1. The quantitative estimate of drug-likeness (QED) is 0.726. The summed E-state index contributed by atoms with van der Waals surface area (Å²) in [5.74, 6) is 0.361. The number of likely N-dealkylation sites (tertiary alicyclic amines) is 1. The summed E-state index contributed by atoms with van der Waals surface area (Å²) in [5.41, 5.74) is 0.728. The predicted molar refractivity (Wildman–Crippen MR) is 91.0 cm³/mol. The van der Waals surface area contributed by atoms with Gasteiger partial charge in [-0.05, 0) is 32.6 Å². The number of rotatable bonds is 1. The maximum atomic E-state index is 14.2. The van der Waals surface area contributed by atoms with Gasteiger partial charge in [-0.15, -0.1) is 0 Å². The Kier molecular flexibility index (Phi) is 3.51. The van der Waals surface area contributed by atoms with Gasteiger partial charge in [-0.2, -0.15) is 5.10 Å². The van der Waals surface area contributed by atoms with Gasteiger partial charge in [0.15, 0.2) is 11.0 Å². The second-order valence-corrected chi connectivity index (χ2v) is 8.23. The first-order valence-corrected chi connectivity index (χ1v) is 8.69. The zero-order valence-electron chi connectivity index (χ0n) is 14.6. The fourth-order valence-electron chi connectivity index (χ4n) is 3.88. The smallest absolute Gasteiger partial charge is 0.410 e. The van der Waals surface area contributed by atoms with Crippen molar-refractivity contribution in [2.75, 3.05) is 13.1 Å². The van der Waals surface area contributed by atoms with Gasteiger partial charge in [0.1, 0.15) is 11.1 Å². The van der Waals surface area contributed by atoms with Gasteiger partial charge < -0.3 is 9.64 Å². The Morgan fingerprint density at radius 3 is 2.60 bits per heavy atom. The Hall–Kier alpha value is -1.89. The predicted octanol–water partition coefficient (Wildman–Crippen LogP) is 3.34. The number of amides is 1. The van der Waals surface area contributed by atoms with Crippen molar-refractivity contribution in [3.8, 4) is 0 Å². The number of ether oxygens (including phenoxy) is 1. The zero-order chi connectivity index (χ0) is 18.1. The molecule has 8 heteroatoms. The molecule has 1 saturated heterocycles. The molecule has 1 amide bonds. The number of fused-ring (bicyclic) bond motifs is 2. The van der Waals surface area contributed by atoms with Crippen molar-refractivity contribution >= 4 is 28.6 Å². The topological polar surface area (TPSA) is 60.2 Å². The molecule has 0 N–H and O–H groups in total. The van der Waals surface area contributed by atoms with E-state index in [2.05, 4.69) is 10.1 Å². The minimum absolute atomic E-state index is 0.144. The maximum Gasteiger partial charge on any atom is 0.410 e. The fourth-order valence-corrected chi connectivity index (χ4v) is 4.02. The SMILES string of the molecule is Cn1nc(C2[C@H]3CN(C(=O)OC(C)(C)C)C[C@@H]23)c2cnc(Cl)c(F)c21. The van der Waals surface area contributed by atoms with Crippen LogP contribution in [0.5, 0.6) is 0 Å². The lowest BCUT2D eigenvalue weighted by atomic mass is 10.1. The van der Waals surface area contributed by atoms with Crippen LogP contribution in [0.1, 0.15) is 32.4 Å². The van der Waals surface area contributed by atoms with Gasteiger partial charge in [0.25, 0.3) is 0 Å². The van der Waals surface area contributed by atoms with Gasteiger partial charge in [-0.3, -0.25) is 4.68 Å². The molecule has 2 aromatic heterocycles. The van der Waals surface area contributed by atoms with Gasteiger partial charge in [0.2, 0.25) is 0 Å². The molecular formula is C17H20ClFN4O2. The van der Waals surface area contributed by atoms with Crippen LogP contribution in [0.4, 0.5) is 9.18 Å². The Balaban J connectivity index is 1.54. The van der Waals surface area contributed by atoms with Crippen LogP contribution in [-0.2, 0) is 11.8 Å². The molecule has 3 atom stereocenters. The Morgan fingerprint density at radius 1 is 1.36 bits per heavy atom. The standard InChI is InChI=1S/C17H20ClFN4O2/c1-17(2,3)25-16(24)23-6-9-10(7-23)11(9)13-8-5-20-15(18)12(19)14(8)22(4)21-13/h5,9-11H,6-7H2,1-4H3/t9-,10+,11?. The fraction of sp³-hybridized carbons (Fsp3) is 0.588. The van der Waals surface area contributed by atoms with Gasteiger partial charge in [-0.25, -0.2) is 14.2 Å². The molecule has 134 valence electrons. The largest absolute Gasteiger partial charge is 0.444 e. The van der Waals surface area contributed by atoms with Crippen LogP contribution in [-0.4, -0.2) is 44.4 Å². The second kappa shape index (κ2) is 5.30. The molecule has 0 spiro atoms. The summed E-state index contributed by atoms with van der Waals surface area (Å²) in [4.78, 5) is 17.8. The summed E-state index contributed by atoms with van der Waals surface area (Å²) in [6.45, 7) is 6.86. The zero-order valence-corrected chi connectivity index (χ0v) is 15.3. The summed E-state index contributed by atoms with van der Waals surface area (Å²) in [5, 5.41) is 5.07. The first-order valence-electron chi connectivity index (χ1n) is 8.32. The van der Waals surface area contributed by atoms with Gasteiger partial charge in [0, 0.05) is 37.6 Å². The van der Waals surface area contributed by atoms with E-state index in [0.29, 0.717) is 35.8 Å². The highest BCUT2D eigenvalue weighted by Crippen LogP contribution is 2.59. The van der Waals surface area contributed by atoms with E-state index in [9.17, 15) is 9.18 Å². The Morgan fingerprint density at radius 2 is 2.00 bits per heavy atom. The summed E-state index contributed by atoms with van der Waals surface area (Å²) >= 11 is 5.78. The Bertz CT molecular complexity index is 864. The molecule has 6 nitrogen and oxygen atoms in total. The highest BCUT2D eigenvalue weighted by molar-refractivity contribution is 6.30. The minimum atomic E-state index is -0.540. The molecule has 1 aliphatic carbocycles. The molecule has 1 saturated carbocycles. The number of pyridine rings is 1. The number of hydrogen-bond acceptors (Lipinski definition) is 4. The third kappa shape index (κ3) is 2.65. The van der Waals surface area contributed by atoms with E-state index in [0.717, 1.165) is 5.69 Å². The van der Waals surface area contributed by atoms with Crippen LogP contribution in [0.15, 0.2) is 6.20 Å². The summed E-state index contributed by atoms with van der Waals surface area (Å²) in [6.07, 6.45) is 1.31. The third-order valence-corrected chi connectivity index (χ3v) is 5.23. The van der Waals surface area contributed by atoms with Crippen LogP contribution in [0.3, 0.4) is 0 Å². The van der Waals surface area contributed by atoms with Crippen LogP contribution < -0.4 is 0 Å². The molecule has 2 aliphatic rings. The monoisotopic (exact) mass is 366 g/mol. The number of carbonyl (C=O) groups excluding carboxylic acids is 1. The lowest BCUT2D eigenvalue weighted by Crippen LogP contribution is -2.36. The molecule has 25 heavy (non-hydrogen) atoms. The summed E-state index contributed by atoms with van der Waals surface area (Å²) in [7, 11) is 1.70. The highest BCUT2D eigenvalue weighted by atomic mass is 35.5. The molecule has 0 aromatic carbocycles. The molecule has 3 heterocycles. The van der Waals surface area contributed by atoms with Crippen molar-refractivity contribution in [1.82, 2.24) is 19.7 Å². The van der Waals surface area contributed by atoms with E-state index < -0.39 is 11.4 Å². The van der Waals surface area contributed by atoms with Crippen LogP contribution in [0.2, 0.25) is 5.15 Å². The second-order valence-electron chi connectivity index (χ2n) is 7.87. The average Bonchev–Trinajstić information content (AvgIpc) is 2.86. The summed E-state index contributed by atoms with van der Waals surface area (Å²) in [6, 6.07) is 0. The van der Waals surface area contributed by atoms with Crippen molar-refractivity contribution < 1.29 is 13.9 Å². The van der Waals surface area contributed by atoms with Crippen LogP contribution >= 0.6 is 11.6 Å². The number of halogens is 2. The van der Waals surface area contributed by atoms with E-state index in [1.807, 2.05) is 20.8 Å². The average molecular weight is 367 g/mol. The van der Waals surface area contributed by atoms with E-state index in [4.69, 9.17) is 16.3 Å². The molecular weight excluding hydrogens is 347 g/mol.